The average molecular weight is 442 g/mol. The molecule has 0 spiro atoms. The standard InChI is InChI=1S/C26H27N5O2/c1-26(2,3)24-21-22(28-29-24)25(32)31(23(21)19-8-6-7-9-20(19)33-5)18-12-10-16(11-13-18)17-14-27-30(4)15-17/h6-15,23H,1-5H3,(H,28,29). The van der Waals surface area contributed by atoms with E-state index in [1.165, 1.54) is 0 Å². The summed E-state index contributed by atoms with van der Waals surface area (Å²) in [5.41, 5.74) is 5.91. The number of fused-ring (bicyclic) bond motifs is 1. The predicted molar refractivity (Wildman–Crippen MR) is 128 cm³/mol. The van der Waals surface area contributed by atoms with Crippen molar-refractivity contribution < 1.29 is 9.53 Å². The normalized spacial score (nSPS) is 15.7. The molecule has 1 aliphatic heterocycles. The lowest BCUT2D eigenvalue weighted by Gasteiger charge is -2.29. The second-order valence-corrected chi connectivity index (χ2v) is 9.38. The molecular weight excluding hydrogens is 414 g/mol. The summed E-state index contributed by atoms with van der Waals surface area (Å²) in [5, 5.41) is 11.8. The number of aryl methyl sites for hydroxylation is 1. The number of carbonyl (C=O) groups is 1. The Morgan fingerprint density at radius 1 is 1.03 bits per heavy atom. The fraction of sp³-hybridized carbons (Fsp3) is 0.269. The van der Waals surface area contributed by atoms with Crippen molar-refractivity contribution in [3.63, 3.8) is 0 Å². The number of aromatic nitrogens is 4. The second-order valence-electron chi connectivity index (χ2n) is 9.38. The number of hydrogen-bond acceptors (Lipinski definition) is 4. The van der Waals surface area contributed by atoms with Crippen LogP contribution in [0.15, 0.2) is 60.9 Å². The number of methoxy groups -OCH3 is 1. The van der Waals surface area contributed by atoms with Crippen LogP contribution in [0.5, 0.6) is 5.75 Å². The number of nitrogens with zero attached hydrogens (tertiary/aromatic N) is 4. The molecule has 7 nitrogen and oxygen atoms in total. The number of rotatable bonds is 4. The van der Waals surface area contributed by atoms with Gasteiger partial charge in [-0.05, 0) is 23.8 Å². The lowest BCUT2D eigenvalue weighted by molar-refractivity contribution is 0.0988. The van der Waals surface area contributed by atoms with Crippen molar-refractivity contribution in [3.8, 4) is 16.9 Å². The first-order valence-corrected chi connectivity index (χ1v) is 10.9. The van der Waals surface area contributed by atoms with E-state index < -0.39 is 0 Å². The molecule has 0 bridgehead atoms. The summed E-state index contributed by atoms with van der Waals surface area (Å²) < 4.78 is 7.47. The van der Waals surface area contributed by atoms with Gasteiger partial charge in [-0.15, -0.1) is 0 Å². The molecule has 3 heterocycles. The molecular formula is C26H27N5O2. The van der Waals surface area contributed by atoms with Crippen molar-refractivity contribution in [2.24, 2.45) is 7.05 Å². The Kier molecular flexibility index (Phi) is 4.85. The number of H-pyrrole nitrogens is 1. The molecule has 0 fully saturated rings. The molecule has 0 radical (unpaired) electrons. The molecule has 33 heavy (non-hydrogen) atoms. The Morgan fingerprint density at radius 3 is 2.39 bits per heavy atom. The average Bonchev–Trinajstić information content (AvgIpc) is 3.49. The molecule has 1 atom stereocenters. The van der Waals surface area contributed by atoms with Crippen LogP contribution in [0.2, 0.25) is 0 Å². The zero-order valence-electron chi connectivity index (χ0n) is 19.5. The molecule has 168 valence electrons. The van der Waals surface area contributed by atoms with E-state index >= 15 is 0 Å². The third kappa shape index (κ3) is 3.40. The number of para-hydroxylation sites is 1. The Balaban J connectivity index is 1.66. The molecule has 2 aromatic heterocycles. The van der Waals surface area contributed by atoms with Crippen LogP contribution in [0.3, 0.4) is 0 Å². The fourth-order valence-electron chi connectivity index (χ4n) is 4.56. The third-order valence-electron chi connectivity index (χ3n) is 6.10. The van der Waals surface area contributed by atoms with Crippen LogP contribution in [0.4, 0.5) is 5.69 Å². The van der Waals surface area contributed by atoms with Crippen LogP contribution in [0.25, 0.3) is 11.1 Å². The van der Waals surface area contributed by atoms with E-state index in [0.29, 0.717) is 5.69 Å². The molecule has 2 aromatic carbocycles. The van der Waals surface area contributed by atoms with Gasteiger partial charge in [0.25, 0.3) is 5.91 Å². The number of hydrogen-bond donors (Lipinski definition) is 1. The zero-order valence-corrected chi connectivity index (χ0v) is 19.5. The quantitative estimate of drug-likeness (QED) is 0.490. The van der Waals surface area contributed by atoms with Crippen LogP contribution >= 0.6 is 0 Å². The van der Waals surface area contributed by atoms with Gasteiger partial charge in [-0.3, -0.25) is 19.5 Å². The Hall–Kier alpha value is -3.87. The first-order valence-electron chi connectivity index (χ1n) is 10.9. The van der Waals surface area contributed by atoms with Crippen LogP contribution in [-0.4, -0.2) is 33.0 Å². The van der Waals surface area contributed by atoms with Crippen molar-refractivity contribution in [1.82, 2.24) is 20.0 Å². The van der Waals surface area contributed by atoms with E-state index in [1.54, 1.807) is 11.8 Å². The molecule has 0 saturated heterocycles. The Labute approximate surface area is 193 Å². The Bertz CT molecular complexity index is 1330. The number of benzene rings is 2. The highest BCUT2D eigenvalue weighted by Gasteiger charge is 2.45. The highest BCUT2D eigenvalue weighted by molar-refractivity contribution is 6.11. The number of amides is 1. The fourth-order valence-corrected chi connectivity index (χ4v) is 4.56. The van der Waals surface area contributed by atoms with Gasteiger partial charge in [-0.1, -0.05) is 51.1 Å². The van der Waals surface area contributed by atoms with Crippen LogP contribution in [0.1, 0.15) is 54.1 Å². The van der Waals surface area contributed by atoms with E-state index in [4.69, 9.17) is 4.74 Å². The molecule has 1 aliphatic rings. The summed E-state index contributed by atoms with van der Waals surface area (Å²) in [7, 11) is 3.55. The number of ether oxygens (including phenoxy) is 1. The molecule has 1 unspecified atom stereocenters. The van der Waals surface area contributed by atoms with E-state index in [0.717, 1.165) is 39.4 Å². The maximum absolute atomic E-state index is 13.7. The van der Waals surface area contributed by atoms with Crippen molar-refractivity contribution in [1.29, 1.82) is 0 Å². The minimum Gasteiger partial charge on any atom is -0.496 e. The smallest absolute Gasteiger partial charge is 0.277 e. The number of anilines is 1. The molecule has 0 aliphatic carbocycles. The molecule has 7 heteroatoms. The molecule has 0 saturated carbocycles. The number of nitrogens with one attached hydrogen (secondary N) is 1. The summed E-state index contributed by atoms with van der Waals surface area (Å²) in [4.78, 5) is 15.5. The zero-order chi connectivity index (χ0) is 23.3. The highest BCUT2D eigenvalue weighted by Crippen LogP contribution is 2.47. The molecule has 4 aromatic rings. The minimum atomic E-state index is -0.346. The maximum atomic E-state index is 13.7. The van der Waals surface area contributed by atoms with Crippen molar-refractivity contribution in [3.05, 3.63) is 83.4 Å². The van der Waals surface area contributed by atoms with Crippen LogP contribution in [-0.2, 0) is 12.5 Å². The van der Waals surface area contributed by atoms with E-state index in [2.05, 4.69) is 36.1 Å². The predicted octanol–water partition coefficient (Wildman–Crippen LogP) is 4.87. The van der Waals surface area contributed by atoms with Crippen molar-refractivity contribution >= 4 is 11.6 Å². The third-order valence-corrected chi connectivity index (χ3v) is 6.10. The van der Waals surface area contributed by atoms with Crippen LogP contribution in [0, 0.1) is 0 Å². The van der Waals surface area contributed by atoms with Gasteiger partial charge < -0.3 is 4.74 Å². The van der Waals surface area contributed by atoms with Gasteiger partial charge in [0.05, 0.1) is 25.0 Å². The minimum absolute atomic E-state index is 0.0990. The van der Waals surface area contributed by atoms with Gasteiger partial charge in [0.1, 0.15) is 11.4 Å². The lowest BCUT2D eigenvalue weighted by Crippen LogP contribution is -2.30. The SMILES string of the molecule is COc1ccccc1C1c2c(C(C)(C)C)n[nH]c2C(=O)N1c1ccc(-c2cnn(C)c2)cc1. The summed E-state index contributed by atoms with van der Waals surface area (Å²) in [6, 6.07) is 15.5. The number of carbonyl (C=O) groups excluding carboxylic acids is 1. The number of aromatic amines is 1. The monoisotopic (exact) mass is 441 g/mol. The van der Waals surface area contributed by atoms with Gasteiger partial charge in [0.15, 0.2) is 0 Å². The first kappa shape index (κ1) is 21.0. The summed E-state index contributed by atoms with van der Waals surface area (Å²) in [6.07, 6.45) is 3.81. The topological polar surface area (TPSA) is 76.0 Å². The summed E-state index contributed by atoms with van der Waals surface area (Å²) in [5.74, 6) is 0.638. The van der Waals surface area contributed by atoms with Gasteiger partial charge in [0, 0.05) is 41.0 Å². The van der Waals surface area contributed by atoms with Gasteiger partial charge in [-0.2, -0.15) is 10.2 Å². The summed E-state index contributed by atoms with van der Waals surface area (Å²) >= 11 is 0. The summed E-state index contributed by atoms with van der Waals surface area (Å²) in [6.45, 7) is 6.33. The lowest BCUT2D eigenvalue weighted by atomic mass is 9.85. The first-order chi connectivity index (χ1) is 15.8. The second kappa shape index (κ2) is 7.62. The highest BCUT2D eigenvalue weighted by atomic mass is 16.5. The maximum Gasteiger partial charge on any atom is 0.277 e. The van der Waals surface area contributed by atoms with E-state index in [1.807, 2.05) is 72.9 Å². The van der Waals surface area contributed by atoms with Crippen molar-refractivity contribution in [2.45, 2.75) is 32.2 Å². The van der Waals surface area contributed by atoms with Crippen molar-refractivity contribution in [2.75, 3.05) is 12.0 Å². The molecule has 1 amide bonds. The molecule has 5 rings (SSSR count). The Morgan fingerprint density at radius 2 is 1.76 bits per heavy atom. The largest absolute Gasteiger partial charge is 0.496 e. The van der Waals surface area contributed by atoms with Gasteiger partial charge in [0.2, 0.25) is 0 Å². The molecule has 1 N–H and O–H groups in total. The van der Waals surface area contributed by atoms with Gasteiger partial charge in [-0.25, -0.2) is 0 Å². The van der Waals surface area contributed by atoms with E-state index in [-0.39, 0.29) is 17.4 Å². The van der Waals surface area contributed by atoms with E-state index in [9.17, 15) is 4.79 Å². The van der Waals surface area contributed by atoms with Gasteiger partial charge >= 0.3 is 0 Å². The van der Waals surface area contributed by atoms with Crippen LogP contribution < -0.4 is 9.64 Å².